The summed E-state index contributed by atoms with van der Waals surface area (Å²) >= 11 is 0. The molecule has 2 heterocycles. The summed E-state index contributed by atoms with van der Waals surface area (Å²) < 4.78 is 4.62. The highest BCUT2D eigenvalue weighted by Gasteiger charge is 2.33. The Morgan fingerprint density at radius 1 is 1.29 bits per heavy atom. The van der Waals surface area contributed by atoms with Crippen molar-refractivity contribution in [2.24, 2.45) is 0 Å². The lowest BCUT2D eigenvalue weighted by Crippen LogP contribution is -2.55. The van der Waals surface area contributed by atoms with E-state index in [-0.39, 0.29) is 23.2 Å². The maximum absolute atomic E-state index is 11.6. The maximum atomic E-state index is 11.6. The van der Waals surface area contributed by atoms with Crippen LogP contribution in [0.3, 0.4) is 0 Å². The molecule has 1 aliphatic heterocycles. The quantitative estimate of drug-likeness (QED) is 0.510. The smallest absolute Gasteiger partial charge is 0.356 e. The molecular weight excluding hydrogens is 312 g/mol. The van der Waals surface area contributed by atoms with Crippen LogP contribution in [0.15, 0.2) is 42.5 Å². The largest absolute Gasteiger partial charge is 0.464 e. The molecule has 0 unspecified atom stereocenters. The van der Waals surface area contributed by atoms with Gasteiger partial charge in [0.05, 0.1) is 18.1 Å². The Balaban J connectivity index is 1.75. The minimum Gasteiger partial charge on any atom is -0.464 e. The first-order valence-electron chi connectivity index (χ1n) is 7.39. The third-order valence-electron chi connectivity index (χ3n) is 3.77. The Kier molecular flexibility index (Phi) is 4.28. The molecule has 1 saturated heterocycles. The Morgan fingerprint density at radius 2 is 2.00 bits per heavy atom. The monoisotopic (exact) mass is 328 g/mol. The van der Waals surface area contributed by atoms with E-state index >= 15 is 0 Å². The van der Waals surface area contributed by atoms with Crippen LogP contribution in [0.25, 0.3) is 0 Å². The van der Waals surface area contributed by atoms with E-state index < -0.39 is 10.9 Å². The summed E-state index contributed by atoms with van der Waals surface area (Å²) in [5.74, 6) is -0.431. The van der Waals surface area contributed by atoms with Crippen LogP contribution in [0.4, 0.5) is 17.2 Å². The fourth-order valence-corrected chi connectivity index (χ4v) is 2.55. The van der Waals surface area contributed by atoms with Crippen LogP contribution in [0.5, 0.6) is 0 Å². The molecule has 2 aromatic rings. The first-order chi connectivity index (χ1) is 11.6. The SMILES string of the molecule is COC(=O)c1ccc([N+](=O)[O-])c(N2CC(Nc3ccccc3)C2)n1. The van der Waals surface area contributed by atoms with E-state index in [9.17, 15) is 14.9 Å². The van der Waals surface area contributed by atoms with Gasteiger partial charge in [0.25, 0.3) is 0 Å². The molecule has 0 radical (unpaired) electrons. The van der Waals surface area contributed by atoms with Gasteiger partial charge >= 0.3 is 11.7 Å². The van der Waals surface area contributed by atoms with Crippen LogP contribution in [0.1, 0.15) is 10.5 Å². The molecule has 1 aromatic carbocycles. The molecule has 1 N–H and O–H groups in total. The number of benzene rings is 1. The van der Waals surface area contributed by atoms with Gasteiger partial charge in [-0.3, -0.25) is 10.1 Å². The summed E-state index contributed by atoms with van der Waals surface area (Å²) in [7, 11) is 1.24. The number of esters is 1. The van der Waals surface area contributed by atoms with Crippen molar-refractivity contribution in [3.8, 4) is 0 Å². The number of para-hydroxylation sites is 1. The minimum atomic E-state index is -0.620. The number of aromatic nitrogens is 1. The van der Waals surface area contributed by atoms with Crippen molar-refractivity contribution >= 4 is 23.2 Å². The average molecular weight is 328 g/mol. The van der Waals surface area contributed by atoms with Crippen molar-refractivity contribution in [3.63, 3.8) is 0 Å². The fraction of sp³-hybridized carbons (Fsp3) is 0.250. The van der Waals surface area contributed by atoms with Crippen LogP contribution in [0.2, 0.25) is 0 Å². The summed E-state index contributed by atoms with van der Waals surface area (Å²) in [5, 5.41) is 14.5. The second-order valence-electron chi connectivity index (χ2n) is 5.40. The van der Waals surface area contributed by atoms with E-state index in [4.69, 9.17) is 0 Å². The molecule has 0 amide bonds. The van der Waals surface area contributed by atoms with E-state index in [1.165, 1.54) is 19.2 Å². The summed E-state index contributed by atoms with van der Waals surface area (Å²) in [4.78, 5) is 28.2. The van der Waals surface area contributed by atoms with E-state index in [0.29, 0.717) is 13.1 Å². The highest BCUT2D eigenvalue weighted by Crippen LogP contribution is 2.30. The number of carbonyl (C=O) groups excluding carboxylic acids is 1. The molecule has 0 aliphatic carbocycles. The maximum Gasteiger partial charge on any atom is 0.356 e. The standard InChI is InChI=1S/C16H16N4O4/c1-24-16(21)13-7-8-14(20(22)23)15(18-13)19-9-12(10-19)17-11-5-3-2-4-6-11/h2-8,12,17H,9-10H2,1H3. The number of nitrogens with zero attached hydrogens (tertiary/aromatic N) is 3. The number of methoxy groups -OCH3 is 1. The summed E-state index contributed by atoms with van der Waals surface area (Å²) in [5.41, 5.74) is 0.923. The first kappa shape index (κ1) is 15.7. The van der Waals surface area contributed by atoms with Crippen LogP contribution < -0.4 is 10.2 Å². The molecule has 0 spiro atoms. The predicted octanol–water partition coefficient (Wildman–Crippen LogP) is 2.08. The first-order valence-corrected chi connectivity index (χ1v) is 7.39. The molecule has 1 aromatic heterocycles. The van der Waals surface area contributed by atoms with Crippen molar-refractivity contribution in [3.05, 3.63) is 58.3 Å². The molecule has 8 heteroatoms. The summed E-state index contributed by atoms with van der Waals surface area (Å²) in [6.45, 7) is 1.13. The molecule has 1 aliphatic rings. The van der Waals surface area contributed by atoms with Crippen LogP contribution in [-0.2, 0) is 4.74 Å². The number of hydrogen-bond acceptors (Lipinski definition) is 7. The van der Waals surface area contributed by atoms with E-state index in [0.717, 1.165) is 5.69 Å². The number of ether oxygens (including phenoxy) is 1. The van der Waals surface area contributed by atoms with Gasteiger partial charge < -0.3 is 15.0 Å². The Morgan fingerprint density at radius 3 is 2.62 bits per heavy atom. The molecular formula is C16H16N4O4. The Hall–Kier alpha value is -3.16. The zero-order valence-corrected chi connectivity index (χ0v) is 13.0. The van der Waals surface area contributed by atoms with Gasteiger partial charge in [-0.25, -0.2) is 9.78 Å². The number of carbonyl (C=O) groups is 1. The Labute approximate surface area is 138 Å². The fourth-order valence-electron chi connectivity index (χ4n) is 2.55. The number of pyridine rings is 1. The van der Waals surface area contributed by atoms with Crippen LogP contribution in [-0.4, -0.2) is 42.1 Å². The summed E-state index contributed by atoms with van der Waals surface area (Å²) in [6.07, 6.45) is 0. The average Bonchev–Trinajstić information content (AvgIpc) is 2.57. The van der Waals surface area contributed by atoms with E-state index in [1.807, 2.05) is 30.3 Å². The normalized spacial score (nSPS) is 14.0. The molecule has 1 fully saturated rings. The molecule has 0 saturated carbocycles. The van der Waals surface area contributed by atoms with Crippen molar-refractivity contribution in [2.75, 3.05) is 30.4 Å². The van der Waals surface area contributed by atoms with Gasteiger partial charge in [-0.2, -0.15) is 0 Å². The lowest BCUT2D eigenvalue weighted by Gasteiger charge is -2.40. The van der Waals surface area contributed by atoms with Crippen LogP contribution in [0, 0.1) is 10.1 Å². The molecule has 0 atom stereocenters. The Bertz CT molecular complexity index is 760. The second-order valence-corrected chi connectivity index (χ2v) is 5.40. The van der Waals surface area contributed by atoms with Crippen molar-refractivity contribution in [2.45, 2.75) is 6.04 Å². The molecule has 8 nitrogen and oxygen atoms in total. The van der Waals surface area contributed by atoms with Crippen molar-refractivity contribution < 1.29 is 14.5 Å². The van der Waals surface area contributed by atoms with E-state index in [2.05, 4.69) is 15.0 Å². The topological polar surface area (TPSA) is 97.6 Å². The molecule has 0 bridgehead atoms. The third-order valence-corrected chi connectivity index (χ3v) is 3.77. The zero-order valence-electron chi connectivity index (χ0n) is 13.0. The highest BCUT2D eigenvalue weighted by molar-refractivity contribution is 5.88. The summed E-state index contributed by atoms with van der Waals surface area (Å²) in [6, 6.07) is 12.5. The molecule has 3 rings (SSSR count). The van der Waals surface area contributed by atoms with Gasteiger partial charge in [0.2, 0.25) is 5.82 Å². The number of hydrogen-bond donors (Lipinski definition) is 1. The number of nitro groups is 1. The lowest BCUT2D eigenvalue weighted by atomic mass is 10.1. The van der Waals surface area contributed by atoms with Gasteiger partial charge in [-0.05, 0) is 18.2 Å². The number of rotatable bonds is 5. The zero-order chi connectivity index (χ0) is 17.1. The molecule has 24 heavy (non-hydrogen) atoms. The highest BCUT2D eigenvalue weighted by atomic mass is 16.6. The third kappa shape index (κ3) is 3.12. The van der Waals surface area contributed by atoms with Gasteiger partial charge in [-0.1, -0.05) is 18.2 Å². The van der Waals surface area contributed by atoms with Crippen LogP contribution >= 0.6 is 0 Å². The van der Waals surface area contributed by atoms with Gasteiger partial charge in [0.1, 0.15) is 0 Å². The van der Waals surface area contributed by atoms with Crippen molar-refractivity contribution in [1.82, 2.24) is 4.98 Å². The lowest BCUT2D eigenvalue weighted by molar-refractivity contribution is -0.384. The predicted molar refractivity (Wildman–Crippen MR) is 88.3 cm³/mol. The number of anilines is 2. The minimum absolute atomic E-state index is 0.0533. The van der Waals surface area contributed by atoms with Crippen molar-refractivity contribution in [1.29, 1.82) is 0 Å². The van der Waals surface area contributed by atoms with Gasteiger partial charge in [0.15, 0.2) is 5.69 Å². The van der Waals surface area contributed by atoms with E-state index in [1.54, 1.807) is 4.90 Å². The van der Waals surface area contributed by atoms with Gasteiger partial charge in [-0.15, -0.1) is 0 Å². The number of nitrogens with one attached hydrogen (secondary N) is 1. The molecule has 124 valence electrons. The second kappa shape index (κ2) is 6.53. The van der Waals surface area contributed by atoms with Gasteiger partial charge in [0, 0.05) is 24.8 Å².